The lowest BCUT2D eigenvalue weighted by Gasteiger charge is -2.18. The van der Waals surface area contributed by atoms with Crippen LogP contribution in [-0.4, -0.2) is 43.0 Å². The summed E-state index contributed by atoms with van der Waals surface area (Å²) in [5.41, 5.74) is 0.448. The first kappa shape index (κ1) is 18.2. The smallest absolute Gasteiger partial charge is 0.420 e. The van der Waals surface area contributed by atoms with E-state index in [1.165, 1.54) is 22.5 Å². The van der Waals surface area contributed by atoms with Gasteiger partial charge >= 0.3 is 11.7 Å². The first-order valence-electron chi connectivity index (χ1n) is 7.64. The molecule has 0 saturated heterocycles. The van der Waals surface area contributed by atoms with Gasteiger partial charge in [-0.1, -0.05) is 13.8 Å². The van der Waals surface area contributed by atoms with Gasteiger partial charge in [0.15, 0.2) is 5.58 Å². The summed E-state index contributed by atoms with van der Waals surface area (Å²) in [6.45, 7) is 5.75. The van der Waals surface area contributed by atoms with Gasteiger partial charge in [-0.2, -0.15) is 4.31 Å². The van der Waals surface area contributed by atoms with Crippen molar-refractivity contribution in [3.8, 4) is 0 Å². The van der Waals surface area contributed by atoms with Gasteiger partial charge in [0, 0.05) is 19.2 Å². The van der Waals surface area contributed by atoms with E-state index in [4.69, 9.17) is 9.15 Å². The number of fused-ring (bicyclic) bond motifs is 1. The lowest BCUT2D eigenvalue weighted by atomic mass is 10.3. The molecule has 1 aromatic heterocycles. The molecule has 0 aliphatic rings. The third-order valence-corrected chi connectivity index (χ3v) is 5.62. The van der Waals surface area contributed by atoms with Crippen molar-refractivity contribution in [2.75, 3.05) is 19.7 Å². The van der Waals surface area contributed by atoms with Crippen molar-refractivity contribution < 1.29 is 22.4 Å². The number of aromatic nitrogens is 1. The van der Waals surface area contributed by atoms with Crippen LogP contribution >= 0.6 is 0 Å². The van der Waals surface area contributed by atoms with Gasteiger partial charge in [-0.25, -0.2) is 13.2 Å². The molecule has 0 amide bonds. The maximum Gasteiger partial charge on any atom is 0.420 e. The Morgan fingerprint density at radius 2 is 1.92 bits per heavy atom. The second-order valence-electron chi connectivity index (χ2n) is 4.98. The summed E-state index contributed by atoms with van der Waals surface area (Å²) in [5.74, 6) is -1.31. The largest absolute Gasteiger partial charge is 0.465 e. The van der Waals surface area contributed by atoms with Crippen LogP contribution in [0.1, 0.15) is 20.8 Å². The number of sulfonamides is 1. The van der Waals surface area contributed by atoms with Gasteiger partial charge in [0.05, 0.1) is 17.0 Å². The van der Waals surface area contributed by atoms with Crippen LogP contribution < -0.4 is 5.76 Å². The fraction of sp³-hybridized carbons (Fsp3) is 0.467. The van der Waals surface area contributed by atoms with E-state index >= 15 is 0 Å². The fourth-order valence-corrected chi connectivity index (χ4v) is 3.88. The standard InChI is InChI=1S/C15H20N2O6S/c1-4-16(5-2)24(20,21)11-7-8-12-13(9-11)23-15(19)17(12)10-14(18)22-6-3/h7-9H,4-6,10H2,1-3H3. The molecule has 2 rings (SSSR count). The zero-order valence-corrected chi connectivity index (χ0v) is 14.6. The minimum Gasteiger partial charge on any atom is -0.465 e. The van der Waals surface area contributed by atoms with Crippen molar-refractivity contribution in [1.82, 2.24) is 8.87 Å². The quantitative estimate of drug-likeness (QED) is 0.691. The Morgan fingerprint density at radius 3 is 2.50 bits per heavy atom. The molecule has 2 aromatic rings. The summed E-state index contributed by atoms with van der Waals surface area (Å²) in [6.07, 6.45) is 0. The Morgan fingerprint density at radius 1 is 1.25 bits per heavy atom. The predicted octanol–water partition coefficient (Wildman–Crippen LogP) is 1.19. The lowest BCUT2D eigenvalue weighted by Crippen LogP contribution is -2.30. The zero-order valence-electron chi connectivity index (χ0n) is 13.8. The summed E-state index contributed by atoms with van der Waals surface area (Å²) in [6, 6.07) is 4.15. The molecule has 0 fully saturated rings. The zero-order chi connectivity index (χ0) is 17.9. The Balaban J connectivity index is 2.47. The normalized spacial score (nSPS) is 12.0. The van der Waals surface area contributed by atoms with E-state index in [1.54, 1.807) is 20.8 Å². The third kappa shape index (κ3) is 3.36. The predicted molar refractivity (Wildman–Crippen MR) is 87.2 cm³/mol. The minimum absolute atomic E-state index is 0.0377. The number of hydrogen-bond donors (Lipinski definition) is 0. The van der Waals surface area contributed by atoms with E-state index in [0.717, 1.165) is 4.57 Å². The van der Waals surface area contributed by atoms with Crippen molar-refractivity contribution >= 4 is 27.1 Å². The van der Waals surface area contributed by atoms with E-state index < -0.39 is 21.7 Å². The van der Waals surface area contributed by atoms with E-state index in [1.807, 2.05) is 0 Å². The second kappa shape index (κ2) is 7.18. The summed E-state index contributed by atoms with van der Waals surface area (Å²) >= 11 is 0. The van der Waals surface area contributed by atoms with Crippen LogP contribution in [0.2, 0.25) is 0 Å². The Kier molecular flexibility index (Phi) is 5.45. The maximum absolute atomic E-state index is 12.5. The number of rotatable bonds is 7. The van der Waals surface area contributed by atoms with Crippen molar-refractivity contribution in [3.05, 3.63) is 28.7 Å². The number of nitrogens with zero attached hydrogens (tertiary/aromatic N) is 2. The van der Waals surface area contributed by atoms with E-state index in [2.05, 4.69) is 0 Å². The highest BCUT2D eigenvalue weighted by molar-refractivity contribution is 7.89. The molecule has 0 radical (unpaired) electrons. The molecule has 9 heteroatoms. The molecule has 24 heavy (non-hydrogen) atoms. The van der Waals surface area contributed by atoms with E-state index in [9.17, 15) is 18.0 Å². The van der Waals surface area contributed by atoms with Crippen LogP contribution in [0.3, 0.4) is 0 Å². The van der Waals surface area contributed by atoms with Gasteiger partial charge in [0.2, 0.25) is 10.0 Å². The van der Waals surface area contributed by atoms with Gasteiger partial charge in [-0.3, -0.25) is 9.36 Å². The van der Waals surface area contributed by atoms with Crippen LogP contribution in [0.25, 0.3) is 11.1 Å². The van der Waals surface area contributed by atoms with Gasteiger partial charge in [0.25, 0.3) is 0 Å². The van der Waals surface area contributed by atoms with Gasteiger partial charge in [-0.15, -0.1) is 0 Å². The molecule has 0 saturated carbocycles. The van der Waals surface area contributed by atoms with Crippen LogP contribution in [-0.2, 0) is 26.1 Å². The first-order valence-corrected chi connectivity index (χ1v) is 9.08. The highest BCUT2D eigenvalue weighted by atomic mass is 32.2. The Bertz CT molecular complexity index is 892. The molecule has 8 nitrogen and oxygen atoms in total. The van der Waals surface area contributed by atoms with Gasteiger partial charge in [-0.05, 0) is 19.1 Å². The number of ether oxygens (including phenoxy) is 1. The first-order chi connectivity index (χ1) is 11.3. The minimum atomic E-state index is -3.66. The molecule has 0 aliphatic carbocycles. The second-order valence-corrected chi connectivity index (χ2v) is 6.92. The van der Waals surface area contributed by atoms with Crippen molar-refractivity contribution in [2.24, 2.45) is 0 Å². The Labute approximate surface area is 139 Å². The Hall–Kier alpha value is -2.13. The molecule has 0 atom stereocenters. The number of carbonyl (C=O) groups excluding carboxylic acids is 1. The van der Waals surface area contributed by atoms with Crippen molar-refractivity contribution in [2.45, 2.75) is 32.2 Å². The summed E-state index contributed by atoms with van der Waals surface area (Å²) in [7, 11) is -3.66. The summed E-state index contributed by atoms with van der Waals surface area (Å²) < 4.78 is 37.3. The van der Waals surface area contributed by atoms with Crippen LogP contribution in [0.5, 0.6) is 0 Å². The number of benzene rings is 1. The van der Waals surface area contributed by atoms with Crippen LogP contribution in [0.4, 0.5) is 0 Å². The van der Waals surface area contributed by atoms with Crippen LogP contribution in [0.15, 0.2) is 32.3 Å². The van der Waals surface area contributed by atoms with E-state index in [-0.39, 0.29) is 23.6 Å². The van der Waals surface area contributed by atoms with E-state index in [0.29, 0.717) is 18.6 Å². The molecule has 0 spiro atoms. The molecular weight excluding hydrogens is 336 g/mol. The number of hydrogen-bond acceptors (Lipinski definition) is 6. The third-order valence-electron chi connectivity index (χ3n) is 3.58. The van der Waals surface area contributed by atoms with Crippen molar-refractivity contribution in [1.29, 1.82) is 0 Å². The highest BCUT2D eigenvalue weighted by Gasteiger charge is 2.23. The topological polar surface area (TPSA) is 98.8 Å². The van der Waals surface area contributed by atoms with Crippen molar-refractivity contribution in [3.63, 3.8) is 0 Å². The molecule has 132 valence electrons. The lowest BCUT2D eigenvalue weighted by molar-refractivity contribution is -0.143. The fourth-order valence-electron chi connectivity index (χ4n) is 2.41. The number of carbonyl (C=O) groups is 1. The average molecular weight is 356 g/mol. The monoisotopic (exact) mass is 356 g/mol. The molecule has 0 bridgehead atoms. The molecule has 0 unspecified atom stereocenters. The highest BCUT2D eigenvalue weighted by Crippen LogP contribution is 2.21. The van der Waals surface area contributed by atoms with Crippen LogP contribution in [0, 0.1) is 0 Å². The number of esters is 1. The van der Waals surface area contributed by atoms with Gasteiger partial charge in [0.1, 0.15) is 6.54 Å². The number of oxazole rings is 1. The summed E-state index contributed by atoms with van der Waals surface area (Å²) in [5, 5.41) is 0. The average Bonchev–Trinajstić information content (AvgIpc) is 2.83. The SMILES string of the molecule is CCOC(=O)Cn1c(=O)oc2cc(S(=O)(=O)N(CC)CC)ccc21. The molecule has 1 heterocycles. The molecule has 0 N–H and O–H groups in total. The van der Waals surface area contributed by atoms with Gasteiger partial charge < -0.3 is 9.15 Å². The molecule has 1 aromatic carbocycles. The molecule has 0 aliphatic heterocycles. The maximum atomic E-state index is 12.5. The molecular formula is C15H20N2O6S. The summed E-state index contributed by atoms with van der Waals surface area (Å²) in [4.78, 5) is 23.5.